The largest absolute Gasteiger partial charge is 0.494 e. The number of para-hydroxylation sites is 1. The molecule has 0 radical (unpaired) electrons. The number of hydrogen-bond donors (Lipinski definition) is 3. The molecule has 0 spiro atoms. The third kappa shape index (κ3) is 4.90. The summed E-state index contributed by atoms with van der Waals surface area (Å²) in [7, 11) is 1.65. The summed E-state index contributed by atoms with van der Waals surface area (Å²) in [6.07, 6.45) is 4.94. The van der Waals surface area contributed by atoms with Crippen molar-refractivity contribution in [3.63, 3.8) is 0 Å². The lowest BCUT2D eigenvalue weighted by atomic mass is 10.0. The molecule has 8 nitrogen and oxygen atoms in total. The molecule has 2 heterocycles. The molecular weight excluding hydrogens is 428 g/mol. The summed E-state index contributed by atoms with van der Waals surface area (Å²) in [5, 5.41) is 26.5. The average Bonchev–Trinajstić information content (AvgIpc) is 2.85. The van der Waals surface area contributed by atoms with Crippen LogP contribution in [-0.2, 0) is 5.60 Å². The molecule has 0 unspecified atom stereocenters. The number of hydrogen-bond acceptors (Lipinski definition) is 8. The van der Waals surface area contributed by atoms with Gasteiger partial charge in [-0.1, -0.05) is 24.3 Å². The molecule has 34 heavy (non-hydrogen) atoms. The Labute approximate surface area is 198 Å². The third-order valence-electron chi connectivity index (χ3n) is 5.40. The maximum absolute atomic E-state index is 9.99. The molecule has 4 rings (SSSR count). The summed E-state index contributed by atoms with van der Waals surface area (Å²) >= 11 is 0. The highest BCUT2D eigenvalue weighted by Crippen LogP contribution is 2.36. The first-order chi connectivity index (χ1) is 16.4. The number of rotatable bonds is 8. The monoisotopic (exact) mass is 454 g/mol. The van der Waals surface area contributed by atoms with E-state index in [0.717, 1.165) is 33.5 Å². The van der Waals surface area contributed by atoms with Gasteiger partial charge in [0.05, 0.1) is 54.2 Å². The minimum Gasteiger partial charge on any atom is -0.494 e. The fourth-order valence-electron chi connectivity index (χ4n) is 3.62. The van der Waals surface area contributed by atoms with E-state index in [2.05, 4.69) is 26.7 Å². The van der Waals surface area contributed by atoms with Crippen LogP contribution in [0.2, 0.25) is 0 Å². The fourth-order valence-corrected chi connectivity index (χ4v) is 3.62. The topological polar surface area (TPSA) is 116 Å². The van der Waals surface area contributed by atoms with E-state index >= 15 is 0 Å². The van der Waals surface area contributed by atoms with E-state index in [0.29, 0.717) is 30.2 Å². The van der Waals surface area contributed by atoms with Crippen LogP contribution in [0.3, 0.4) is 0 Å². The Morgan fingerprint density at radius 1 is 0.971 bits per heavy atom. The fraction of sp³-hybridized carbons (Fsp3) is 0.231. The van der Waals surface area contributed by atoms with Gasteiger partial charge in [-0.05, 0) is 37.6 Å². The second kappa shape index (κ2) is 9.73. The van der Waals surface area contributed by atoms with Gasteiger partial charge < -0.3 is 20.5 Å². The van der Waals surface area contributed by atoms with Gasteiger partial charge in [0.1, 0.15) is 11.4 Å². The van der Waals surface area contributed by atoms with Crippen molar-refractivity contribution in [1.82, 2.24) is 15.0 Å². The average molecular weight is 455 g/mol. The molecule has 0 aliphatic carbocycles. The predicted molar refractivity (Wildman–Crippen MR) is 133 cm³/mol. The van der Waals surface area contributed by atoms with Crippen LogP contribution in [0.25, 0.3) is 22.0 Å². The van der Waals surface area contributed by atoms with Gasteiger partial charge in [-0.2, -0.15) is 5.26 Å². The number of nitrogens with zero attached hydrogens (tertiary/aromatic N) is 4. The second-order valence-corrected chi connectivity index (χ2v) is 8.30. The number of pyridine rings is 1. The van der Waals surface area contributed by atoms with E-state index in [1.54, 1.807) is 51.7 Å². The molecule has 172 valence electrons. The van der Waals surface area contributed by atoms with E-state index < -0.39 is 5.60 Å². The zero-order chi connectivity index (χ0) is 24.1. The number of ether oxygens (including phenoxy) is 1. The van der Waals surface area contributed by atoms with E-state index in [1.807, 2.05) is 30.3 Å². The molecule has 8 heteroatoms. The minimum absolute atomic E-state index is 0.517. The summed E-state index contributed by atoms with van der Waals surface area (Å²) in [5.41, 5.74) is 3.69. The standard InChI is InChI=1S/C26H26N6O2/c1-26(2,33)22-15-31-23(16-30-22)29-12-11-28-21-14-32-24-19(5-4-6-20(24)25(21)34-3)18-9-7-17(13-27)8-10-18/h4-10,14-16,28,33H,11-12H2,1-3H3,(H,29,31). The lowest BCUT2D eigenvalue weighted by molar-refractivity contribution is 0.0734. The van der Waals surface area contributed by atoms with Crippen LogP contribution in [0, 0.1) is 11.3 Å². The summed E-state index contributed by atoms with van der Waals surface area (Å²) in [6, 6.07) is 15.6. The maximum atomic E-state index is 9.99. The number of methoxy groups -OCH3 is 1. The normalized spacial score (nSPS) is 11.1. The van der Waals surface area contributed by atoms with E-state index in [-0.39, 0.29) is 0 Å². The van der Waals surface area contributed by atoms with Crippen LogP contribution in [-0.4, -0.2) is 40.3 Å². The van der Waals surface area contributed by atoms with Crippen LogP contribution in [0.15, 0.2) is 61.1 Å². The number of benzene rings is 2. The SMILES string of the molecule is COc1c(NCCNc2cnc(C(C)(C)O)cn2)cnc2c(-c3ccc(C#N)cc3)cccc12. The molecule has 0 aliphatic rings. The molecule has 0 bridgehead atoms. The highest BCUT2D eigenvalue weighted by molar-refractivity contribution is 5.99. The molecule has 2 aromatic carbocycles. The quantitative estimate of drug-likeness (QED) is 0.337. The van der Waals surface area contributed by atoms with Gasteiger partial charge in [0.15, 0.2) is 5.75 Å². The number of nitrogens with one attached hydrogen (secondary N) is 2. The van der Waals surface area contributed by atoms with Crippen LogP contribution in [0.1, 0.15) is 25.1 Å². The number of aliphatic hydroxyl groups is 1. The summed E-state index contributed by atoms with van der Waals surface area (Å²) in [4.78, 5) is 13.3. The Morgan fingerprint density at radius 3 is 2.38 bits per heavy atom. The predicted octanol–water partition coefficient (Wildman–Crippen LogP) is 4.32. The van der Waals surface area contributed by atoms with Gasteiger partial charge in [0.25, 0.3) is 0 Å². The van der Waals surface area contributed by atoms with Crippen molar-refractivity contribution in [2.24, 2.45) is 0 Å². The molecule has 0 aliphatic heterocycles. The molecule has 4 aromatic rings. The Hall–Kier alpha value is -4.22. The van der Waals surface area contributed by atoms with Gasteiger partial charge in [0.2, 0.25) is 0 Å². The summed E-state index contributed by atoms with van der Waals surface area (Å²) in [6.45, 7) is 4.55. The van der Waals surface area contributed by atoms with Gasteiger partial charge >= 0.3 is 0 Å². The number of aromatic nitrogens is 3. The zero-order valence-electron chi connectivity index (χ0n) is 19.3. The first-order valence-corrected chi connectivity index (χ1v) is 10.9. The first-order valence-electron chi connectivity index (χ1n) is 10.9. The van der Waals surface area contributed by atoms with Gasteiger partial charge in [-0.3, -0.25) is 9.97 Å². The van der Waals surface area contributed by atoms with Crippen LogP contribution < -0.4 is 15.4 Å². The Bertz CT molecular complexity index is 1320. The lowest BCUT2D eigenvalue weighted by Crippen LogP contribution is -2.19. The highest BCUT2D eigenvalue weighted by Gasteiger charge is 2.18. The zero-order valence-corrected chi connectivity index (χ0v) is 19.3. The maximum Gasteiger partial charge on any atom is 0.152 e. The van der Waals surface area contributed by atoms with Crippen molar-refractivity contribution in [3.8, 4) is 22.9 Å². The molecule has 3 N–H and O–H groups in total. The molecule has 0 fully saturated rings. The highest BCUT2D eigenvalue weighted by atomic mass is 16.5. The Kier molecular flexibility index (Phi) is 6.57. The van der Waals surface area contributed by atoms with Crippen LogP contribution in [0.5, 0.6) is 5.75 Å². The van der Waals surface area contributed by atoms with Gasteiger partial charge in [0, 0.05) is 24.0 Å². The number of nitriles is 1. The molecule has 0 amide bonds. The number of fused-ring (bicyclic) bond motifs is 1. The van der Waals surface area contributed by atoms with Crippen molar-refractivity contribution in [3.05, 3.63) is 72.3 Å². The van der Waals surface area contributed by atoms with Crippen LogP contribution >= 0.6 is 0 Å². The Balaban J connectivity index is 1.48. The van der Waals surface area contributed by atoms with Crippen molar-refractivity contribution in [2.45, 2.75) is 19.4 Å². The minimum atomic E-state index is -1.02. The molecule has 0 saturated carbocycles. The smallest absolute Gasteiger partial charge is 0.152 e. The van der Waals surface area contributed by atoms with Crippen molar-refractivity contribution < 1.29 is 9.84 Å². The molecular formula is C26H26N6O2. The lowest BCUT2D eigenvalue weighted by Gasteiger charge is -2.16. The van der Waals surface area contributed by atoms with Crippen molar-refractivity contribution in [2.75, 3.05) is 30.8 Å². The van der Waals surface area contributed by atoms with Crippen molar-refractivity contribution in [1.29, 1.82) is 5.26 Å². The van der Waals surface area contributed by atoms with Crippen molar-refractivity contribution >= 4 is 22.4 Å². The summed E-state index contributed by atoms with van der Waals surface area (Å²) in [5.74, 6) is 1.35. The van der Waals surface area contributed by atoms with Crippen LogP contribution in [0.4, 0.5) is 11.5 Å². The molecule has 0 saturated heterocycles. The summed E-state index contributed by atoms with van der Waals surface area (Å²) < 4.78 is 5.73. The second-order valence-electron chi connectivity index (χ2n) is 8.30. The number of anilines is 2. The van der Waals surface area contributed by atoms with E-state index in [4.69, 9.17) is 15.0 Å². The van der Waals surface area contributed by atoms with Gasteiger partial charge in [-0.25, -0.2) is 4.98 Å². The first kappa shape index (κ1) is 23.0. The Morgan fingerprint density at radius 2 is 1.74 bits per heavy atom. The van der Waals surface area contributed by atoms with E-state index in [9.17, 15) is 5.11 Å². The molecule has 2 aromatic heterocycles. The third-order valence-corrected chi connectivity index (χ3v) is 5.40. The molecule has 0 atom stereocenters. The van der Waals surface area contributed by atoms with E-state index in [1.165, 1.54) is 0 Å². The van der Waals surface area contributed by atoms with Gasteiger partial charge in [-0.15, -0.1) is 0 Å².